The molecule has 6 N–H and O–H groups in total. The summed E-state index contributed by atoms with van der Waals surface area (Å²) in [7, 11) is 1.42. The van der Waals surface area contributed by atoms with Gasteiger partial charge in [0.25, 0.3) is 17.6 Å². The Bertz CT molecular complexity index is 1820. The van der Waals surface area contributed by atoms with E-state index in [0.717, 1.165) is 22.4 Å². The number of carbonyl (C=O) groups is 3. The lowest BCUT2D eigenvalue weighted by Crippen LogP contribution is -2.42. The molecule has 1 aromatic carbocycles. The number of pyridine rings is 1. The summed E-state index contributed by atoms with van der Waals surface area (Å²) in [5.41, 5.74) is 10.9. The summed E-state index contributed by atoms with van der Waals surface area (Å²) in [6.07, 6.45) is 5.13. The largest absolute Gasteiger partial charge is 0.496 e. The van der Waals surface area contributed by atoms with Gasteiger partial charge in [-0.25, -0.2) is 0 Å². The quantitative estimate of drug-likeness (QED) is 0.139. The molecule has 0 bridgehead atoms. The Labute approximate surface area is 246 Å². The van der Waals surface area contributed by atoms with Crippen LogP contribution in [0.25, 0.3) is 22.7 Å². The summed E-state index contributed by atoms with van der Waals surface area (Å²) >= 11 is 0. The fourth-order valence-electron chi connectivity index (χ4n) is 5.13. The minimum Gasteiger partial charge on any atom is -0.496 e. The van der Waals surface area contributed by atoms with Crippen LogP contribution in [0.5, 0.6) is 0 Å². The molecule has 43 heavy (non-hydrogen) atoms. The van der Waals surface area contributed by atoms with E-state index in [2.05, 4.69) is 32.1 Å². The van der Waals surface area contributed by atoms with Crippen molar-refractivity contribution < 1.29 is 24.2 Å². The van der Waals surface area contributed by atoms with Crippen LogP contribution < -0.4 is 21.6 Å². The summed E-state index contributed by atoms with van der Waals surface area (Å²) < 4.78 is 5.49. The number of nitrogens with one attached hydrogen (secondary N) is 3. The van der Waals surface area contributed by atoms with Crippen LogP contribution in [0.2, 0.25) is 0 Å². The van der Waals surface area contributed by atoms with E-state index in [-0.39, 0.29) is 58.7 Å². The molecule has 0 spiro atoms. The standard InChI is InChI=1S/C31H31N7O5/c1-3-25(43-2)26-21(16-35-28(26)27(32)23-15-24(37-36-23)30(41)34-12-14-39)29(40)31(42)38-13-10-19-18(17-38)7-6-8-20(19)22-9-4-5-11-33-22/h3-9,11,15-16,35,39H,1,10,12-14,17,32H2,2H3,(H,34,41)(H,36,37)/b26-25+,28-27+. The smallest absolute Gasteiger partial charge is 0.295 e. The average Bonchev–Trinajstić information content (AvgIpc) is 3.72. The molecule has 3 aromatic heterocycles. The molecule has 4 aromatic rings. The molecule has 0 aliphatic carbocycles. The molecular weight excluding hydrogens is 550 g/mol. The number of benzene rings is 1. The number of ketones is 1. The molecular formula is C31H31N7O5. The number of aliphatic hydroxyl groups is 1. The van der Waals surface area contributed by atoms with Gasteiger partial charge in [-0.15, -0.1) is 0 Å². The van der Waals surface area contributed by atoms with Crippen LogP contribution in [0.4, 0.5) is 0 Å². The van der Waals surface area contributed by atoms with Crippen LogP contribution in [-0.4, -0.2) is 74.6 Å². The van der Waals surface area contributed by atoms with Crippen molar-refractivity contribution in [2.24, 2.45) is 5.73 Å². The Morgan fingerprint density at radius 2 is 2.07 bits per heavy atom. The zero-order valence-corrected chi connectivity index (χ0v) is 23.5. The molecule has 0 saturated heterocycles. The first kappa shape index (κ1) is 29.0. The number of methoxy groups -OCH3 is 1. The molecule has 2 amide bonds. The molecule has 0 atom stereocenters. The van der Waals surface area contributed by atoms with Crippen molar-refractivity contribution in [1.29, 1.82) is 0 Å². The van der Waals surface area contributed by atoms with Crippen LogP contribution in [0, 0.1) is 0 Å². The first-order chi connectivity index (χ1) is 20.9. The molecule has 1 aliphatic rings. The first-order valence-corrected chi connectivity index (χ1v) is 13.6. The first-order valence-electron chi connectivity index (χ1n) is 13.6. The maximum Gasteiger partial charge on any atom is 0.295 e. The molecule has 220 valence electrons. The second-order valence-electron chi connectivity index (χ2n) is 9.75. The number of H-pyrrole nitrogens is 2. The monoisotopic (exact) mass is 581 g/mol. The van der Waals surface area contributed by atoms with Crippen LogP contribution in [0.1, 0.15) is 37.7 Å². The Morgan fingerprint density at radius 3 is 2.79 bits per heavy atom. The third-order valence-corrected chi connectivity index (χ3v) is 7.23. The minimum absolute atomic E-state index is 0.0594. The van der Waals surface area contributed by atoms with E-state index in [4.69, 9.17) is 15.6 Å². The van der Waals surface area contributed by atoms with E-state index >= 15 is 0 Å². The molecule has 1 aliphatic heterocycles. The Morgan fingerprint density at radius 1 is 1.23 bits per heavy atom. The molecule has 0 saturated carbocycles. The van der Waals surface area contributed by atoms with E-state index in [0.29, 0.717) is 13.0 Å². The normalized spacial score (nSPS) is 14.0. The van der Waals surface area contributed by atoms with Crippen molar-refractivity contribution in [3.8, 4) is 11.3 Å². The van der Waals surface area contributed by atoms with E-state index in [1.54, 1.807) is 6.20 Å². The maximum atomic E-state index is 13.7. The average molecular weight is 582 g/mol. The van der Waals surface area contributed by atoms with Gasteiger partial charge in [0.2, 0.25) is 0 Å². The van der Waals surface area contributed by atoms with Gasteiger partial charge in [-0.3, -0.25) is 24.5 Å². The summed E-state index contributed by atoms with van der Waals surface area (Å²) in [6, 6.07) is 13.1. The van der Waals surface area contributed by atoms with Crippen molar-refractivity contribution in [3.63, 3.8) is 0 Å². The van der Waals surface area contributed by atoms with Gasteiger partial charge in [0.05, 0.1) is 41.2 Å². The fraction of sp³-hybridized carbons (Fsp3) is 0.194. The van der Waals surface area contributed by atoms with Crippen molar-refractivity contribution in [3.05, 3.63) is 106 Å². The second-order valence-corrected chi connectivity index (χ2v) is 9.75. The van der Waals surface area contributed by atoms with E-state index in [9.17, 15) is 14.4 Å². The minimum atomic E-state index is -0.739. The summed E-state index contributed by atoms with van der Waals surface area (Å²) in [4.78, 5) is 48.5. The van der Waals surface area contributed by atoms with Crippen LogP contribution in [0.3, 0.4) is 0 Å². The third kappa shape index (κ3) is 5.68. The van der Waals surface area contributed by atoms with Crippen molar-refractivity contribution in [2.75, 3.05) is 26.8 Å². The number of aliphatic hydroxyl groups excluding tert-OH is 1. The molecule has 12 heteroatoms. The van der Waals surface area contributed by atoms with Gasteiger partial charge in [0.15, 0.2) is 0 Å². The number of nitrogens with zero attached hydrogens (tertiary/aromatic N) is 3. The number of ether oxygens (including phenoxy) is 1. The molecule has 0 fully saturated rings. The highest BCUT2D eigenvalue weighted by atomic mass is 16.5. The van der Waals surface area contributed by atoms with Gasteiger partial charge >= 0.3 is 0 Å². The number of hydrogen-bond donors (Lipinski definition) is 5. The number of hydrogen-bond acceptors (Lipinski definition) is 8. The fourth-order valence-corrected chi connectivity index (χ4v) is 5.13. The number of rotatable bonds is 9. The maximum absolute atomic E-state index is 13.7. The number of Topliss-reactive ketones (excluding diaryl/α,β-unsaturated/α-hetero) is 1. The van der Waals surface area contributed by atoms with Gasteiger partial charge < -0.3 is 30.8 Å². The topological polar surface area (TPSA) is 179 Å². The van der Waals surface area contributed by atoms with Crippen molar-refractivity contribution in [1.82, 2.24) is 30.4 Å². The summed E-state index contributed by atoms with van der Waals surface area (Å²) in [5.74, 6) is -1.66. The lowest BCUT2D eigenvalue weighted by Gasteiger charge is -2.29. The van der Waals surface area contributed by atoms with Crippen LogP contribution in [0.15, 0.2) is 67.5 Å². The molecule has 12 nitrogen and oxygen atoms in total. The lowest BCUT2D eigenvalue weighted by atomic mass is 9.92. The number of nitrogens with two attached hydrogens (primary N) is 1. The van der Waals surface area contributed by atoms with Crippen molar-refractivity contribution in [2.45, 2.75) is 13.0 Å². The van der Waals surface area contributed by atoms with Crippen molar-refractivity contribution >= 4 is 29.1 Å². The lowest BCUT2D eigenvalue weighted by molar-refractivity contribution is -0.127. The number of amides is 2. The number of aromatic nitrogens is 4. The van der Waals surface area contributed by atoms with Gasteiger partial charge in [-0.05, 0) is 41.8 Å². The highest BCUT2D eigenvalue weighted by molar-refractivity contribution is 6.42. The van der Waals surface area contributed by atoms with Crippen LogP contribution >= 0.6 is 0 Å². The van der Waals surface area contributed by atoms with E-state index in [1.165, 1.54) is 30.3 Å². The van der Waals surface area contributed by atoms with Gasteiger partial charge in [0.1, 0.15) is 17.1 Å². The Hall–Kier alpha value is -5.49. The highest BCUT2D eigenvalue weighted by Gasteiger charge is 2.30. The summed E-state index contributed by atoms with van der Waals surface area (Å²) in [6.45, 7) is 4.28. The van der Waals surface area contributed by atoms with Gasteiger partial charge in [-0.2, -0.15) is 5.10 Å². The molecule has 0 radical (unpaired) electrons. The molecule has 5 rings (SSSR count). The third-order valence-electron chi connectivity index (χ3n) is 7.23. The SMILES string of the molecule is C=C/C(OC)=c1/c(C(=O)C(=O)N2CCc3c(cccc3-c3ccccn3)C2)c[nH]/c1=C(/N)c1cc(C(=O)NCCO)[nH]n1. The molecule has 4 heterocycles. The van der Waals surface area contributed by atoms with Gasteiger partial charge in [0, 0.05) is 37.6 Å². The number of fused-ring (bicyclic) bond motifs is 1. The zero-order chi connectivity index (χ0) is 30.5. The highest BCUT2D eigenvalue weighted by Crippen LogP contribution is 2.29. The van der Waals surface area contributed by atoms with E-state index in [1.807, 2.05) is 36.4 Å². The molecule has 0 unspecified atom stereocenters. The van der Waals surface area contributed by atoms with E-state index < -0.39 is 17.6 Å². The number of aromatic amines is 2. The predicted molar refractivity (Wildman–Crippen MR) is 158 cm³/mol. The Balaban J connectivity index is 1.48. The zero-order valence-electron chi connectivity index (χ0n) is 23.5. The van der Waals surface area contributed by atoms with Gasteiger partial charge in [-0.1, -0.05) is 30.8 Å². The summed E-state index contributed by atoms with van der Waals surface area (Å²) in [5, 5.41) is 18.7. The van der Waals surface area contributed by atoms with Crippen LogP contribution in [-0.2, 0) is 22.5 Å². The predicted octanol–water partition coefficient (Wildman–Crippen LogP) is 0.345. The number of carbonyl (C=O) groups excluding carboxylic acids is 3. The Kier molecular flexibility index (Phi) is 8.49. The second kappa shape index (κ2) is 12.6.